The number of rotatable bonds is 4. The van der Waals surface area contributed by atoms with E-state index in [2.05, 4.69) is 50.5 Å². The van der Waals surface area contributed by atoms with Crippen LogP contribution in [0, 0.1) is 0 Å². The van der Waals surface area contributed by atoms with Gasteiger partial charge in [0.1, 0.15) is 0 Å². The summed E-state index contributed by atoms with van der Waals surface area (Å²) in [6, 6.07) is 5.61. The van der Waals surface area contributed by atoms with E-state index in [0.717, 1.165) is 25.1 Å². The van der Waals surface area contributed by atoms with Crippen molar-refractivity contribution in [3.63, 3.8) is 0 Å². The van der Waals surface area contributed by atoms with Crippen LogP contribution in [0.3, 0.4) is 0 Å². The molecule has 21 heavy (non-hydrogen) atoms. The van der Waals surface area contributed by atoms with E-state index in [0.29, 0.717) is 6.04 Å². The van der Waals surface area contributed by atoms with Crippen LogP contribution in [0.15, 0.2) is 23.3 Å². The highest BCUT2D eigenvalue weighted by Crippen LogP contribution is 2.29. The number of hydrogen-bond acceptors (Lipinski definition) is 2. The lowest BCUT2D eigenvalue weighted by Gasteiger charge is -2.18. The molecule has 118 valence electrons. The van der Waals surface area contributed by atoms with Crippen LogP contribution in [-0.4, -0.2) is 47.6 Å². The highest BCUT2D eigenvalue weighted by Gasteiger charge is 2.34. The van der Waals surface area contributed by atoms with Crippen molar-refractivity contribution < 1.29 is 0 Å². The Balaban J connectivity index is 0.00000161. The zero-order valence-corrected chi connectivity index (χ0v) is 15.2. The average molecular weight is 403 g/mol. The van der Waals surface area contributed by atoms with Crippen LogP contribution in [0.1, 0.15) is 25.0 Å². The maximum atomic E-state index is 4.33. The molecule has 0 bridgehead atoms. The first-order valence-electron chi connectivity index (χ1n) is 7.57. The lowest BCUT2D eigenvalue weighted by Crippen LogP contribution is -2.44. The van der Waals surface area contributed by atoms with Gasteiger partial charge in [-0.3, -0.25) is 9.89 Å². The van der Waals surface area contributed by atoms with Gasteiger partial charge >= 0.3 is 0 Å². The summed E-state index contributed by atoms with van der Waals surface area (Å²) in [4.78, 5) is 6.95. The Morgan fingerprint density at radius 1 is 1.38 bits per heavy atom. The van der Waals surface area contributed by atoms with Crippen LogP contribution < -0.4 is 10.6 Å². The van der Waals surface area contributed by atoms with Crippen molar-refractivity contribution in [1.82, 2.24) is 20.1 Å². The van der Waals surface area contributed by atoms with Gasteiger partial charge in [0, 0.05) is 51.2 Å². The van der Waals surface area contributed by atoms with Crippen molar-refractivity contribution in [2.24, 2.45) is 12.0 Å². The van der Waals surface area contributed by atoms with E-state index >= 15 is 0 Å². The molecule has 1 aromatic heterocycles. The lowest BCUT2D eigenvalue weighted by molar-refractivity contribution is 0.321. The summed E-state index contributed by atoms with van der Waals surface area (Å²) in [7, 11) is 3.91. The predicted octanol–water partition coefficient (Wildman–Crippen LogP) is 1.54. The molecule has 2 N–H and O–H groups in total. The number of aryl methyl sites for hydroxylation is 1. The molecule has 2 heterocycles. The molecule has 3 rings (SSSR count). The molecule has 1 saturated heterocycles. The number of aromatic nitrogens is 1. The van der Waals surface area contributed by atoms with E-state index < -0.39 is 0 Å². The van der Waals surface area contributed by atoms with Crippen molar-refractivity contribution in [3.8, 4) is 0 Å². The Labute approximate surface area is 144 Å². The average Bonchev–Trinajstić information content (AvgIpc) is 3.07. The highest BCUT2D eigenvalue weighted by atomic mass is 127. The largest absolute Gasteiger partial charge is 0.353 e. The molecular weight excluding hydrogens is 377 g/mol. The van der Waals surface area contributed by atoms with Crippen LogP contribution in [0.4, 0.5) is 0 Å². The number of halogens is 1. The zero-order chi connectivity index (χ0) is 13.9. The molecule has 0 aromatic carbocycles. The Morgan fingerprint density at radius 2 is 2.19 bits per heavy atom. The van der Waals surface area contributed by atoms with Crippen molar-refractivity contribution in [2.75, 3.05) is 20.1 Å². The van der Waals surface area contributed by atoms with Gasteiger partial charge in [-0.2, -0.15) is 0 Å². The van der Waals surface area contributed by atoms with Gasteiger partial charge in [-0.15, -0.1) is 24.0 Å². The van der Waals surface area contributed by atoms with Gasteiger partial charge in [-0.05, 0) is 31.4 Å². The van der Waals surface area contributed by atoms with Gasteiger partial charge in [-0.25, -0.2) is 0 Å². The van der Waals surface area contributed by atoms with Crippen LogP contribution in [0.2, 0.25) is 0 Å². The fourth-order valence-electron chi connectivity index (χ4n) is 2.92. The smallest absolute Gasteiger partial charge is 0.191 e. The molecule has 1 aliphatic heterocycles. The number of aliphatic imine (C=N–C) groups is 1. The van der Waals surface area contributed by atoms with Crippen molar-refractivity contribution in [2.45, 2.75) is 37.9 Å². The Kier molecular flexibility index (Phi) is 5.92. The molecule has 0 spiro atoms. The summed E-state index contributed by atoms with van der Waals surface area (Å²) in [6.45, 7) is 3.20. The van der Waals surface area contributed by atoms with Gasteiger partial charge in [0.25, 0.3) is 0 Å². The summed E-state index contributed by atoms with van der Waals surface area (Å²) in [5, 5.41) is 6.95. The fourth-order valence-corrected chi connectivity index (χ4v) is 2.92. The second-order valence-corrected chi connectivity index (χ2v) is 5.89. The summed E-state index contributed by atoms with van der Waals surface area (Å²) in [5.74, 6) is 0.911. The third-order valence-electron chi connectivity index (χ3n) is 4.34. The van der Waals surface area contributed by atoms with Gasteiger partial charge in [0.05, 0.1) is 6.54 Å². The minimum Gasteiger partial charge on any atom is -0.353 e. The number of guanidine groups is 1. The monoisotopic (exact) mass is 403 g/mol. The number of likely N-dealkylation sites (tertiary alicyclic amines) is 1. The summed E-state index contributed by atoms with van der Waals surface area (Å²) in [6.07, 6.45) is 6.08. The fraction of sp³-hybridized carbons (Fsp3) is 0.667. The van der Waals surface area contributed by atoms with Gasteiger partial charge in [-0.1, -0.05) is 0 Å². The molecule has 1 aromatic rings. The van der Waals surface area contributed by atoms with E-state index in [4.69, 9.17) is 0 Å². The van der Waals surface area contributed by atoms with Crippen molar-refractivity contribution >= 4 is 29.9 Å². The molecular formula is C15H26IN5. The first kappa shape index (κ1) is 16.6. The molecule has 1 unspecified atom stereocenters. The van der Waals surface area contributed by atoms with Gasteiger partial charge < -0.3 is 15.2 Å². The first-order valence-corrected chi connectivity index (χ1v) is 7.57. The molecule has 1 atom stereocenters. The summed E-state index contributed by atoms with van der Waals surface area (Å²) < 4.78 is 2.13. The predicted molar refractivity (Wildman–Crippen MR) is 97.2 cm³/mol. The van der Waals surface area contributed by atoms with Crippen molar-refractivity contribution in [3.05, 3.63) is 24.0 Å². The third kappa shape index (κ3) is 4.35. The summed E-state index contributed by atoms with van der Waals surface area (Å²) in [5.41, 5.74) is 1.26. The van der Waals surface area contributed by atoms with Crippen molar-refractivity contribution in [1.29, 1.82) is 0 Å². The Bertz CT molecular complexity index is 480. The second-order valence-electron chi connectivity index (χ2n) is 5.89. The summed E-state index contributed by atoms with van der Waals surface area (Å²) >= 11 is 0. The lowest BCUT2D eigenvalue weighted by atomic mass is 10.3. The molecule has 1 aliphatic carbocycles. The Hall–Kier alpha value is -0.760. The SMILES string of the molecule is CN=C(NCc1cccn1C)NC1CCN(C2CC2)C1.I. The minimum absolute atomic E-state index is 0. The normalized spacial score (nSPS) is 23.0. The number of nitrogens with one attached hydrogen (secondary N) is 2. The first-order chi connectivity index (χ1) is 9.76. The quantitative estimate of drug-likeness (QED) is 0.456. The van der Waals surface area contributed by atoms with Gasteiger partial charge in [0.15, 0.2) is 5.96 Å². The maximum absolute atomic E-state index is 4.33. The minimum atomic E-state index is 0. The van der Waals surface area contributed by atoms with Crippen LogP contribution in [0.5, 0.6) is 0 Å². The van der Waals surface area contributed by atoms with E-state index in [9.17, 15) is 0 Å². The third-order valence-corrected chi connectivity index (χ3v) is 4.34. The molecule has 6 heteroatoms. The molecule has 1 saturated carbocycles. The van der Waals surface area contributed by atoms with E-state index in [1.807, 2.05) is 7.05 Å². The van der Waals surface area contributed by atoms with Crippen LogP contribution in [0.25, 0.3) is 0 Å². The maximum Gasteiger partial charge on any atom is 0.191 e. The van der Waals surface area contributed by atoms with E-state index in [1.165, 1.54) is 31.5 Å². The zero-order valence-electron chi connectivity index (χ0n) is 12.9. The molecule has 2 fully saturated rings. The Morgan fingerprint density at radius 3 is 2.81 bits per heavy atom. The van der Waals surface area contributed by atoms with E-state index in [1.54, 1.807) is 0 Å². The number of hydrogen-bond donors (Lipinski definition) is 2. The molecule has 0 radical (unpaired) electrons. The molecule has 0 amide bonds. The standard InChI is InChI=1S/C15H25N5.HI/c1-16-15(17-10-14-4-3-8-19(14)2)18-12-7-9-20(11-12)13-5-6-13;/h3-4,8,12-13H,5-7,9-11H2,1-2H3,(H2,16,17,18);1H. The second kappa shape index (κ2) is 7.49. The highest BCUT2D eigenvalue weighted by molar-refractivity contribution is 14.0. The van der Waals surface area contributed by atoms with Crippen LogP contribution >= 0.6 is 24.0 Å². The number of nitrogens with zero attached hydrogens (tertiary/aromatic N) is 3. The van der Waals surface area contributed by atoms with E-state index in [-0.39, 0.29) is 24.0 Å². The van der Waals surface area contributed by atoms with Crippen LogP contribution in [-0.2, 0) is 13.6 Å². The topological polar surface area (TPSA) is 44.6 Å². The van der Waals surface area contributed by atoms with Gasteiger partial charge in [0.2, 0.25) is 0 Å². The molecule has 2 aliphatic rings. The molecule has 5 nitrogen and oxygen atoms in total.